The number of aryl methyl sites for hydroxylation is 1. The van der Waals surface area contributed by atoms with Crippen LogP contribution < -0.4 is 10.6 Å². The van der Waals surface area contributed by atoms with Crippen LogP contribution in [0, 0.1) is 18.7 Å². The van der Waals surface area contributed by atoms with Crippen LogP contribution >= 0.6 is 0 Å². The second-order valence-corrected chi connectivity index (χ2v) is 7.31. The van der Waals surface area contributed by atoms with Gasteiger partial charge in [0.25, 0.3) is 5.91 Å². The number of likely N-dealkylation sites (N-methyl/N-ethyl adjacent to an activating group) is 1. The Morgan fingerprint density at radius 2 is 1.59 bits per heavy atom. The van der Waals surface area contributed by atoms with E-state index in [4.69, 9.17) is 0 Å². The first-order valence-electron chi connectivity index (χ1n) is 9.35. The quantitative estimate of drug-likeness (QED) is 0.751. The van der Waals surface area contributed by atoms with Gasteiger partial charge < -0.3 is 15.5 Å². The molecule has 0 fully saturated rings. The number of carbonyl (C=O) groups is 3. The van der Waals surface area contributed by atoms with E-state index >= 15 is 0 Å². The molecule has 0 aliphatic heterocycles. The molecule has 2 N–H and O–H groups in total. The fourth-order valence-corrected chi connectivity index (χ4v) is 2.71. The van der Waals surface area contributed by atoms with Gasteiger partial charge in [0.1, 0.15) is 11.9 Å². The molecule has 2 aromatic rings. The van der Waals surface area contributed by atoms with Gasteiger partial charge in [0, 0.05) is 18.3 Å². The van der Waals surface area contributed by atoms with E-state index in [1.807, 2.05) is 19.1 Å². The average molecular weight is 399 g/mol. The van der Waals surface area contributed by atoms with Crippen molar-refractivity contribution in [2.45, 2.75) is 26.8 Å². The summed E-state index contributed by atoms with van der Waals surface area (Å²) in [5.41, 5.74) is 1.98. The van der Waals surface area contributed by atoms with Crippen LogP contribution in [-0.4, -0.2) is 42.3 Å². The van der Waals surface area contributed by atoms with Crippen molar-refractivity contribution in [3.8, 4) is 0 Å². The number of rotatable bonds is 7. The highest BCUT2D eigenvalue weighted by Gasteiger charge is 2.28. The van der Waals surface area contributed by atoms with Gasteiger partial charge in [0.2, 0.25) is 11.8 Å². The van der Waals surface area contributed by atoms with Crippen molar-refractivity contribution in [1.29, 1.82) is 0 Å². The summed E-state index contributed by atoms with van der Waals surface area (Å²) in [6, 6.07) is 11.6. The number of nitrogens with one attached hydrogen (secondary N) is 2. The highest BCUT2D eigenvalue weighted by atomic mass is 19.1. The molecule has 2 aromatic carbocycles. The molecule has 0 saturated carbocycles. The van der Waals surface area contributed by atoms with E-state index in [0.717, 1.165) is 5.56 Å². The summed E-state index contributed by atoms with van der Waals surface area (Å²) in [6.45, 7) is 5.40. The van der Waals surface area contributed by atoms with Gasteiger partial charge in [-0.25, -0.2) is 4.39 Å². The first-order chi connectivity index (χ1) is 13.7. The minimum atomic E-state index is -0.815. The Bertz CT molecular complexity index is 864. The predicted molar refractivity (Wildman–Crippen MR) is 110 cm³/mol. The lowest BCUT2D eigenvalue weighted by Gasteiger charge is -2.26. The first-order valence-corrected chi connectivity index (χ1v) is 9.35. The molecule has 0 aliphatic carbocycles. The van der Waals surface area contributed by atoms with Crippen LogP contribution in [0.2, 0.25) is 0 Å². The molecule has 1 unspecified atom stereocenters. The summed E-state index contributed by atoms with van der Waals surface area (Å²) in [7, 11) is 1.51. The van der Waals surface area contributed by atoms with Crippen LogP contribution in [0.3, 0.4) is 0 Å². The number of halogens is 1. The number of anilines is 1. The summed E-state index contributed by atoms with van der Waals surface area (Å²) in [5, 5.41) is 5.42. The normalized spacial score (nSPS) is 11.7. The largest absolute Gasteiger partial charge is 0.340 e. The molecule has 0 heterocycles. The van der Waals surface area contributed by atoms with Gasteiger partial charge >= 0.3 is 0 Å². The molecule has 0 spiro atoms. The lowest BCUT2D eigenvalue weighted by molar-refractivity contribution is -0.135. The number of carbonyl (C=O) groups excluding carboxylic acids is 3. The zero-order chi connectivity index (χ0) is 21.6. The van der Waals surface area contributed by atoms with Crippen LogP contribution in [0.1, 0.15) is 29.8 Å². The van der Waals surface area contributed by atoms with Gasteiger partial charge in [-0.05, 0) is 49.2 Å². The van der Waals surface area contributed by atoms with Crippen molar-refractivity contribution in [1.82, 2.24) is 10.2 Å². The molecule has 0 bridgehead atoms. The predicted octanol–water partition coefficient (Wildman–Crippen LogP) is 2.99. The molecular weight excluding hydrogens is 373 g/mol. The summed E-state index contributed by atoms with van der Waals surface area (Å²) in [5.74, 6) is -1.84. The molecule has 0 saturated heterocycles. The van der Waals surface area contributed by atoms with E-state index in [9.17, 15) is 18.8 Å². The number of hydrogen-bond acceptors (Lipinski definition) is 3. The Labute approximate surface area is 170 Å². The van der Waals surface area contributed by atoms with Gasteiger partial charge in [-0.2, -0.15) is 0 Å². The smallest absolute Gasteiger partial charge is 0.251 e. The van der Waals surface area contributed by atoms with Gasteiger partial charge in [-0.15, -0.1) is 0 Å². The summed E-state index contributed by atoms with van der Waals surface area (Å²) in [6.07, 6.45) is 0. The number of benzene rings is 2. The highest BCUT2D eigenvalue weighted by molar-refractivity contribution is 5.99. The van der Waals surface area contributed by atoms with Crippen LogP contribution in [-0.2, 0) is 9.59 Å². The SMILES string of the molecule is Cc1ccc(NC(=O)CN(C)C(=O)C(NC(=O)c2ccc(F)cc2)C(C)C)cc1. The van der Waals surface area contributed by atoms with Crippen molar-refractivity contribution in [2.24, 2.45) is 5.92 Å². The van der Waals surface area contributed by atoms with E-state index in [1.165, 1.54) is 36.2 Å². The second-order valence-electron chi connectivity index (χ2n) is 7.31. The Balaban J connectivity index is 1.99. The molecule has 0 aliphatic rings. The zero-order valence-corrected chi connectivity index (χ0v) is 17.0. The molecule has 3 amide bonds. The van der Waals surface area contributed by atoms with Crippen molar-refractivity contribution in [3.63, 3.8) is 0 Å². The molecule has 154 valence electrons. The maximum Gasteiger partial charge on any atom is 0.251 e. The van der Waals surface area contributed by atoms with E-state index < -0.39 is 17.8 Å². The molecule has 0 radical (unpaired) electrons. The third kappa shape index (κ3) is 6.41. The van der Waals surface area contributed by atoms with Gasteiger partial charge in [-0.3, -0.25) is 14.4 Å². The third-order valence-corrected chi connectivity index (χ3v) is 4.42. The lowest BCUT2D eigenvalue weighted by atomic mass is 10.0. The van der Waals surface area contributed by atoms with Crippen molar-refractivity contribution >= 4 is 23.4 Å². The molecule has 6 nitrogen and oxygen atoms in total. The van der Waals surface area contributed by atoms with Crippen LogP contribution in [0.4, 0.5) is 10.1 Å². The maximum absolute atomic E-state index is 13.0. The van der Waals surface area contributed by atoms with E-state index in [0.29, 0.717) is 5.69 Å². The fourth-order valence-electron chi connectivity index (χ4n) is 2.71. The Kier molecular flexibility index (Phi) is 7.47. The topological polar surface area (TPSA) is 78.5 Å². The third-order valence-electron chi connectivity index (χ3n) is 4.42. The lowest BCUT2D eigenvalue weighted by Crippen LogP contribution is -2.51. The van der Waals surface area contributed by atoms with Gasteiger partial charge in [0.05, 0.1) is 6.54 Å². The number of hydrogen-bond donors (Lipinski definition) is 2. The Morgan fingerprint density at radius 1 is 1.00 bits per heavy atom. The summed E-state index contributed by atoms with van der Waals surface area (Å²) < 4.78 is 13.0. The van der Waals surface area contributed by atoms with Crippen molar-refractivity contribution in [3.05, 3.63) is 65.5 Å². The summed E-state index contributed by atoms with van der Waals surface area (Å²) in [4.78, 5) is 38.7. The monoisotopic (exact) mass is 399 g/mol. The van der Waals surface area contributed by atoms with Crippen LogP contribution in [0.5, 0.6) is 0 Å². The molecule has 0 aromatic heterocycles. The number of amides is 3. The Morgan fingerprint density at radius 3 is 2.14 bits per heavy atom. The van der Waals surface area contributed by atoms with E-state index in [1.54, 1.807) is 26.0 Å². The van der Waals surface area contributed by atoms with Gasteiger partial charge in [0.15, 0.2) is 0 Å². The highest BCUT2D eigenvalue weighted by Crippen LogP contribution is 2.11. The molecule has 7 heteroatoms. The Hall–Kier alpha value is -3.22. The minimum Gasteiger partial charge on any atom is -0.340 e. The molecule has 2 rings (SSSR count). The average Bonchev–Trinajstić information content (AvgIpc) is 2.67. The van der Waals surface area contributed by atoms with E-state index in [-0.39, 0.29) is 29.8 Å². The number of nitrogens with zero attached hydrogens (tertiary/aromatic N) is 1. The van der Waals surface area contributed by atoms with Crippen molar-refractivity contribution in [2.75, 3.05) is 18.9 Å². The van der Waals surface area contributed by atoms with Crippen LogP contribution in [0.25, 0.3) is 0 Å². The minimum absolute atomic E-state index is 0.150. The fraction of sp³-hybridized carbons (Fsp3) is 0.318. The molecule has 29 heavy (non-hydrogen) atoms. The molecular formula is C22H26FN3O3. The van der Waals surface area contributed by atoms with Gasteiger partial charge in [-0.1, -0.05) is 31.5 Å². The standard InChI is InChI=1S/C22H26FN3O3/c1-14(2)20(25-21(28)16-7-9-17(23)10-8-16)22(29)26(4)13-19(27)24-18-11-5-15(3)6-12-18/h5-12,14,20H,13H2,1-4H3,(H,24,27)(H,25,28). The second kappa shape index (κ2) is 9.82. The molecule has 1 atom stereocenters. The summed E-state index contributed by atoms with van der Waals surface area (Å²) >= 11 is 0. The zero-order valence-electron chi connectivity index (χ0n) is 17.0. The van der Waals surface area contributed by atoms with E-state index in [2.05, 4.69) is 10.6 Å². The first kappa shape index (κ1) is 22.1. The van der Waals surface area contributed by atoms with Crippen molar-refractivity contribution < 1.29 is 18.8 Å². The maximum atomic E-state index is 13.0. The van der Waals surface area contributed by atoms with Crippen LogP contribution in [0.15, 0.2) is 48.5 Å².